The van der Waals surface area contributed by atoms with Crippen LogP contribution >= 0.6 is 0 Å². The third-order valence-electron chi connectivity index (χ3n) is 3.53. The summed E-state index contributed by atoms with van der Waals surface area (Å²) in [6, 6.07) is 10.7. The van der Waals surface area contributed by atoms with Crippen molar-refractivity contribution in [2.24, 2.45) is 11.7 Å². The van der Waals surface area contributed by atoms with E-state index in [4.69, 9.17) is 5.73 Å². The first-order chi connectivity index (χ1) is 6.68. The standard InChI is InChI=1S/C13H19N/c1-13(14)9-5-8-12(13)10-11-6-3-2-4-7-11/h2-4,6-7,12H,5,8-10,14H2,1H3. The molecule has 0 heterocycles. The Labute approximate surface area is 86.3 Å². The summed E-state index contributed by atoms with van der Waals surface area (Å²) in [4.78, 5) is 0. The van der Waals surface area contributed by atoms with E-state index in [0.717, 1.165) is 6.42 Å². The van der Waals surface area contributed by atoms with Crippen molar-refractivity contribution in [1.82, 2.24) is 0 Å². The molecule has 1 aliphatic rings. The third kappa shape index (κ3) is 1.98. The van der Waals surface area contributed by atoms with Crippen molar-refractivity contribution in [3.8, 4) is 0 Å². The van der Waals surface area contributed by atoms with Crippen LogP contribution in [-0.2, 0) is 6.42 Å². The molecule has 1 heteroatoms. The molecule has 0 aliphatic heterocycles. The van der Waals surface area contributed by atoms with Gasteiger partial charge in [0.2, 0.25) is 0 Å². The van der Waals surface area contributed by atoms with Crippen LogP contribution < -0.4 is 5.73 Å². The Hall–Kier alpha value is -0.820. The van der Waals surface area contributed by atoms with Gasteiger partial charge in [0, 0.05) is 5.54 Å². The topological polar surface area (TPSA) is 26.0 Å². The van der Waals surface area contributed by atoms with Gasteiger partial charge in [-0.05, 0) is 37.7 Å². The largest absolute Gasteiger partial charge is 0.325 e. The van der Waals surface area contributed by atoms with E-state index >= 15 is 0 Å². The van der Waals surface area contributed by atoms with E-state index in [0.29, 0.717) is 5.92 Å². The Morgan fingerprint density at radius 3 is 2.64 bits per heavy atom. The second kappa shape index (κ2) is 3.74. The first-order valence-corrected chi connectivity index (χ1v) is 5.51. The zero-order valence-corrected chi connectivity index (χ0v) is 8.87. The van der Waals surface area contributed by atoms with Gasteiger partial charge in [-0.15, -0.1) is 0 Å². The van der Waals surface area contributed by atoms with Gasteiger partial charge in [-0.2, -0.15) is 0 Å². The van der Waals surface area contributed by atoms with Crippen LogP contribution in [0.3, 0.4) is 0 Å². The van der Waals surface area contributed by atoms with Gasteiger partial charge in [-0.1, -0.05) is 36.8 Å². The van der Waals surface area contributed by atoms with Crippen LogP contribution in [0.2, 0.25) is 0 Å². The van der Waals surface area contributed by atoms with E-state index in [2.05, 4.69) is 37.3 Å². The summed E-state index contributed by atoms with van der Waals surface area (Å²) in [6.07, 6.45) is 4.92. The van der Waals surface area contributed by atoms with Crippen LogP contribution in [0.15, 0.2) is 30.3 Å². The minimum absolute atomic E-state index is 0.0653. The Bertz CT molecular complexity index is 289. The highest BCUT2D eigenvalue weighted by molar-refractivity contribution is 5.16. The molecule has 1 aromatic carbocycles. The summed E-state index contributed by atoms with van der Waals surface area (Å²) in [6.45, 7) is 2.20. The Morgan fingerprint density at radius 1 is 1.36 bits per heavy atom. The molecule has 0 amide bonds. The summed E-state index contributed by atoms with van der Waals surface area (Å²) in [5, 5.41) is 0. The van der Waals surface area contributed by atoms with Gasteiger partial charge in [0.05, 0.1) is 0 Å². The van der Waals surface area contributed by atoms with Crippen LogP contribution in [-0.4, -0.2) is 5.54 Å². The second-order valence-electron chi connectivity index (χ2n) is 4.78. The summed E-state index contributed by atoms with van der Waals surface area (Å²) >= 11 is 0. The van der Waals surface area contributed by atoms with Gasteiger partial charge in [-0.25, -0.2) is 0 Å². The number of rotatable bonds is 2. The summed E-state index contributed by atoms with van der Waals surface area (Å²) in [5.74, 6) is 0.671. The molecule has 0 aromatic heterocycles. The highest BCUT2D eigenvalue weighted by atomic mass is 14.8. The minimum atomic E-state index is 0.0653. The molecule has 0 radical (unpaired) electrons. The molecular formula is C13H19N. The lowest BCUT2D eigenvalue weighted by atomic mass is 9.85. The maximum absolute atomic E-state index is 6.27. The van der Waals surface area contributed by atoms with Gasteiger partial charge in [0.25, 0.3) is 0 Å². The van der Waals surface area contributed by atoms with Crippen molar-refractivity contribution in [3.05, 3.63) is 35.9 Å². The number of hydrogen-bond donors (Lipinski definition) is 1. The van der Waals surface area contributed by atoms with Gasteiger partial charge < -0.3 is 5.73 Å². The molecule has 14 heavy (non-hydrogen) atoms. The quantitative estimate of drug-likeness (QED) is 0.760. The SMILES string of the molecule is CC1(N)CCCC1Cc1ccccc1. The van der Waals surface area contributed by atoms with E-state index in [1.807, 2.05) is 0 Å². The van der Waals surface area contributed by atoms with Gasteiger partial charge in [-0.3, -0.25) is 0 Å². The fraction of sp³-hybridized carbons (Fsp3) is 0.538. The molecule has 0 saturated heterocycles. The fourth-order valence-electron chi connectivity index (χ4n) is 2.50. The predicted octanol–water partition coefficient (Wildman–Crippen LogP) is 2.75. The van der Waals surface area contributed by atoms with E-state index in [1.165, 1.54) is 24.8 Å². The smallest absolute Gasteiger partial charge is 0.0157 e. The molecular weight excluding hydrogens is 170 g/mol. The molecule has 1 aromatic rings. The predicted molar refractivity (Wildman–Crippen MR) is 60.1 cm³/mol. The Kier molecular flexibility index (Phi) is 2.60. The molecule has 1 saturated carbocycles. The van der Waals surface area contributed by atoms with E-state index < -0.39 is 0 Å². The minimum Gasteiger partial charge on any atom is -0.325 e. The first-order valence-electron chi connectivity index (χ1n) is 5.51. The summed E-state index contributed by atoms with van der Waals surface area (Å²) < 4.78 is 0. The monoisotopic (exact) mass is 189 g/mol. The van der Waals surface area contributed by atoms with Gasteiger partial charge in [0.1, 0.15) is 0 Å². The molecule has 2 rings (SSSR count). The Morgan fingerprint density at radius 2 is 2.07 bits per heavy atom. The van der Waals surface area contributed by atoms with Crippen molar-refractivity contribution < 1.29 is 0 Å². The molecule has 0 bridgehead atoms. The van der Waals surface area contributed by atoms with Crippen molar-refractivity contribution in [3.63, 3.8) is 0 Å². The van der Waals surface area contributed by atoms with E-state index in [-0.39, 0.29) is 5.54 Å². The van der Waals surface area contributed by atoms with Crippen molar-refractivity contribution in [2.75, 3.05) is 0 Å². The van der Waals surface area contributed by atoms with Crippen LogP contribution in [0.25, 0.3) is 0 Å². The number of benzene rings is 1. The summed E-state index contributed by atoms with van der Waals surface area (Å²) in [5.41, 5.74) is 7.76. The summed E-state index contributed by atoms with van der Waals surface area (Å²) in [7, 11) is 0. The van der Waals surface area contributed by atoms with Crippen molar-refractivity contribution in [1.29, 1.82) is 0 Å². The lowest BCUT2D eigenvalue weighted by Crippen LogP contribution is -2.40. The lowest BCUT2D eigenvalue weighted by Gasteiger charge is -2.26. The highest BCUT2D eigenvalue weighted by Gasteiger charge is 2.34. The molecule has 2 atom stereocenters. The zero-order chi connectivity index (χ0) is 10.0. The number of hydrogen-bond acceptors (Lipinski definition) is 1. The molecule has 0 spiro atoms. The first kappa shape index (κ1) is 9.72. The van der Waals surface area contributed by atoms with E-state index in [9.17, 15) is 0 Å². The van der Waals surface area contributed by atoms with Crippen LogP contribution in [0.5, 0.6) is 0 Å². The normalized spacial score (nSPS) is 32.0. The molecule has 76 valence electrons. The Balaban J connectivity index is 2.05. The maximum atomic E-state index is 6.27. The average molecular weight is 189 g/mol. The molecule has 1 aliphatic carbocycles. The molecule has 1 fully saturated rings. The lowest BCUT2D eigenvalue weighted by molar-refractivity contribution is 0.344. The molecule has 1 nitrogen and oxygen atoms in total. The highest BCUT2D eigenvalue weighted by Crippen LogP contribution is 2.35. The maximum Gasteiger partial charge on any atom is 0.0157 e. The van der Waals surface area contributed by atoms with Gasteiger partial charge >= 0.3 is 0 Å². The third-order valence-corrected chi connectivity index (χ3v) is 3.53. The molecule has 2 N–H and O–H groups in total. The average Bonchev–Trinajstić information content (AvgIpc) is 2.48. The van der Waals surface area contributed by atoms with Gasteiger partial charge in [0.15, 0.2) is 0 Å². The zero-order valence-electron chi connectivity index (χ0n) is 8.87. The van der Waals surface area contributed by atoms with E-state index in [1.54, 1.807) is 0 Å². The van der Waals surface area contributed by atoms with Crippen molar-refractivity contribution >= 4 is 0 Å². The fourth-order valence-corrected chi connectivity index (χ4v) is 2.50. The number of nitrogens with two attached hydrogens (primary N) is 1. The van der Waals surface area contributed by atoms with Crippen LogP contribution in [0.1, 0.15) is 31.7 Å². The van der Waals surface area contributed by atoms with Crippen LogP contribution in [0.4, 0.5) is 0 Å². The van der Waals surface area contributed by atoms with Crippen LogP contribution in [0, 0.1) is 5.92 Å². The van der Waals surface area contributed by atoms with Crippen molar-refractivity contribution in [2.45, 2.75) is 38.1 Å². The second-order valence-corrected chi connectivity index (χ2v) is 4.78. The molecule has 2 unspecified atom stereocenters.